The van der Waals surface area contributed by atoms with Crippen molar-refractivity contribution in [1.29, 1.82) is 0 Å². The number of rotatable bonds is 5. The van der Waals surface area contributed by atoms with Crippen molar-refractivity contribution >= 4 is 27.5 Å². The molecule has 0 saturated carbocycles. The Morgan fingerprint density at radius 1 is 1.19 bits per heavy atom. The second kappa shape index (κ2) is 10.1. The van der Waals surface area contributed by atoms with Crippen molar-refractivity contribution in [2.24, 2.45) is 0 Å². The molecule has 0 bridgehead atoms. The lowest BCUT2D eigenvalue weighted by atomic mass is 9.95. The first-order valence-electron chi connectivity index (χ1n) is 11.1. The Labute approximate surface area is 221 Å². The fourth-order valence-corrected chi connectivity index (χ4v) is 4.86. The number of halogens is 5. The van der Waals surface area contributed by atoms with E-state index in [0.717, 1.165) is 12.1 Å². The molecule has 37 heavy (non-hydrogen) atoms. The Morgan fingerprint density at radius 2 is 1.92 bits per heavy atom. The van der Waals surface area contributed by atoms with Gasteiger partial charge in [0.25, 0.3) is 0 Å². The van der Waals surface area contributed by atoms with Crippen molar-refractivity contribution in [3.05, 3.63) is 75.1 Å². The molecule has 4 unspecified atom stereocenters. The number of ether oxygens (including phenoxy) is 1. The fourth-order valence-electron chi connectivity index (χ4n) is 4.28. The first kappa shape index (κ1) is 25.8. The van der Waals surface area contributed by atoms with Crippen LogP contribution in [0.15, 0.2) is 41.0 Å². The molecule has 3 heterocycles. The molecule has 4 aromatic rings. The molecule has 9 nitrogen and oxygen atoms in total. The van der Waals surface area contributed by atoms with Crippen LogP contribution in [-0.2, 0) is 4.74 Å². The number of hydrogen-bond donors (Lipinski definition) is 2. The van der Waals surface area contributed by atoms with E-state index in [-0.39, 0.29) is 17.7 Å². The van der Waals surface area contributed by atoms with Gasteiger partial charge >= 0.3 is 0 Å². The van der Waals surface area contributed by atoms with Gasteiger partial charge in [-0.2, -0.15) is 5.10 Å². The molecule has 0 aliphatic carbocycles. The molecule has 0 amide bonds. The van der Waals surface area contributed by atoms with E-state index in [1.54, 1.807) is 29.8 Å². The zero-order chi connectivity index (χ0) is 26.4. The molecule has 5 rings (SSSR count). The van der Waals surface area contributed by atoms with Gasteiger partial charge in [0.05, 0.1) is 24.5 Å². The van der Waals surface area contributed by atoms with Crippen molar-refractivity contribution in [1.82, 2.24) is 29.8 Å². The highest BCUT2D eigenvalue weighted by molar-refractivity contribution is 9.10. The van der Waals surface area contributed by atoms with E-state index in [0.29, 0.717) is 26.8 Å². The van der Waals surface area contributed by atoms with Crippen LogP contribution in [-0.4, -0.2) is 58.8 Å². The van der Waals surface area contributed by atoms with Crippen LogP contribution in [0.4, 0.5) is 13.2 Å². The molecule has 2 aromatic heterocycles. The van der Waals surface area contributed by atoms with Crippen LogP contribution in [0.5, 0.6) is 0 Å². The molecule has 1 saturated heterocycles. The van der Waals surface area contributed by atoms with Gasteiger partial charge in [0.1, 0.15) is 29.8 Å². The average molecular weight is 600 g/mol. The Bertz CT molecular complexity index is 1440. The largest absolute Gasteiger partial charge is 0.394 e. The molecule has 2 aromatic carbocycles. The van der Waals surface area contributed by atoms with Gasteiger partial charge in [0, 0.05) is 21.5 Å². The summed E-state index contributed by atoms with van der Waals surface area (Å²) >= 11 is 9.69. The molecule has 194 valence electrons. The van der Waals surface area contributed by atoms with E-state index in [4.69, 9.17) is 16.3 Å². The Hall–Kier alpha value is -2.84. The van der Waals surface area contributed by atoms with Crippen molar-refractivity contribution in [3.63, 3.8) is 0 Å². The van der Waals surface area contributed by atoms with Crippen LogP contribution in [0.3, 0.4) is 0 Å². The van der Waals surface area contributed by atoms with Gasteiger partial charge in [0.15, 0.2) is 23.3 Å². The van der Waals surface area contributed by atoms with Gasteiger partial charge in [-0.1, -0.05) is 16.8 Å². The minimum Gasteiger partial charge on any atom is -0.394 e. The maximum absolute atomic E-state index is 13.7. The fraction of sp³-hybridized carbons (Fsp3) is 0.304. The molecule has 1 aliphatic heterocycles. The lowest BCUT2D eigenvalue weighted by Crippen LogP contribution is -2.45. The summed E-state index contributed by atoms with van der Waals surface area (Å²) in [5.41, 5.74) is 0.648. The van der Waals surface area contributed by atoms with E-state index >= 15 is 0 Å². The van der Waals surface area contributed by atoms with Crippen molar-refractivity contribution in [3.8, 4) is 16.9 Å². The zero-order valence-corrected chi connectivity index (χ0v) is 21.4. The number of hydrogen-bond acceptors (Lipinski definition) is 7. The van der Waals surface area contributed by atoms with Crippen molar-refractivity contribution in [2.45, 2.75) is 37.7 Å². The second-order valence-electron chi connectivity index (χ2n) is 8.50. The number of aryl methyl sites for hydroxylation is 1. The summed E-state index contributed by atoms with van der Waals surface area (Å²) in [6.45, 7) is 1.21. The number of aliphatic hydroxyl groups excluding tert-OH is 2. The van der Waals surface area contributed by atoms with Crippen LogP contribution in [0.25, 0.3) is 16.9 Å². The van der Waals surface area contributed by atoms with Gasteiger partial charge in [-0.3, -0.25) is 0 Å². The average Bonchev–Trinajstić information content (AvgIpc) is 3.51. The summed E-state index contributed by atoms with van der Waals surface area (Å²) in [5, 5.41) is 33.7. The highest BCUT2D eigenvalue weighted by Gasteiger charge is 2.41. The molecule has 1 fully saturated rings. The van der Waals surface area contributed by atoms with E-state index in [1.807, 2.05) is 0 Å². The molecule has 2 N–H and O–H groups in total. The van der Waals surface area contributed by atoms with Crippen LogP contribution in [0.1, 0.15) is 30.2 Å². The van der Waals surface area contributed by atoms with Gasteiger partial charge in [-0.05, 0) is 53.2 Å². The summed E-state index contributed by atoms with van der Waals surface area (Å²) in [5.74, 6) is -3.46. The minimum atomic E-state index is -1.59. The molecule has 14 heteroatoms. The van der Waals surface area contributed by atoms with Crippen LogP contribution >= 0.6 is 27.5 Å². The lowest BCUT2D eigenvalue weighted by Gasteiger charge is -2.38. The normalized spacial score (nSPS) is 21.9. The van der Waals surface area contributed by atoms with E-state index < -0.39 is 48.4 Å². The molecular formula is C23H19BrClF3N6O3. The van der Waals surface area contributed by atoms with Gasteiger partial charge in [-0.25, -0.2) is 27.5 Å². The third kappa shape index (κ3) is 4.89. The van der Waals surface area contributed by atoms with Crippen molar-refractivity contribution in [2.75, 3.05) is 6.61 Å². The summed E-state index contributed by atoms with van der Waals surface area (Å²) < 4.78 is 50.4. The Morgan fingerprint density at radius 3 is 2.62 bits per heavy atom. The van der Waals surface area contributed by atoms with E-state index in [9.17, 15) is 23.4 Å². The second-order valence-corrected chi connectivity index (χ2v) is 9.79. The zero-order valence-electron chi connectivity index (χ0n) is 19.1. The van der Waals surface area contributed by atoms with Crippen LogP contribution in [0.2, 0.25) is 5.02 Å². The summed E-state index contributed by atoms with van der Waals surface area (Å²) in [6, 6.07) is 6.03. The van der Waals surface area contributed by atoms with E-state index in [1.165, 1.54) is 10.9 Å². The topological polar surface area (TPSA) is 111 Å². The standard InChI is InChI=1S/C23H19BrClF3N6O3/c1-10-29-23(34(31-10)17-6-12(25)2-3-13(17)24)19-7-18(22(36)20(9-35)37-19)33-8-16(30-32-33)11-4-14(26)21(28)15(27)5-11/h2-6,8,18-20,22,35-36H,7,9H2,1H3. The summed E-state index contributed by atoms with van der Waals surface area (Å²) in [4.78, 5) is 4.52. The minimum absolute atomic E-state index is 0.0272. The predicted octanol–water partition coefficient (Wildman–Crippen LogP) is 4.09. The maximum Gasteiger partial charge on any atom is 0.194 e. The van der Waals surface area contributed by atoms with Crippen LogP contribution < -0.4 is 0 Å². The Kier molecular flexibility index (Phi) is 7.07. The third-order valence-electron chi connectivity index (χ3n) is 6.04. The third-order valence-corrected chi connectivity index (χ3v) is 6.95. The van der Waals surface area contributed by atoms with Gasteiger partial charge in [0.2, 0.25) is 0 Å². The van der Waals surface area contributed by atoms with Gasteiger partial charge in [-0.15, -0.1) is 5.10 Å². The highest BCUT2D eigenvalue weighted by Crippen LogP contribution is 2.39. The molecule has 0 radical (unpaired) electrons. The first-order chi connectivity index (χ1) is 17.7. The maximum atomic E-state index is 13.7. The monoisotopic (exact) mass is 598 g/mol. The first-order valence-corrected chi connectivity index (χ1v) is 12.2. The molecule has 0 spiro atoms. The number of benzene rings is 2. The summed E-state index contributed by atoms with van der Waals surface area (Å²) in [7, 11) is 0. The number of nitrogens with zero attached hydrogens (tertiary/aromatic N) is 6. The lowest BCUT2D eigenvalue weighted by molar-refractivity contribution is -0.161. The van der Waals surface area contributed by atoms with Crippen LogP contribution in [0, 0.1) is 24.4 Å². The SMILES string of the molecule is Cc1nc(C2CC(n3cc(-c4cc(F)c(F)c(F)c4)nn3)C(O)C(CO)O2)n(-c2cc(Cl)ccc2Br)n1. The van der Waals surface area contributed by atoms with Crippen molar-refractivity contribution < 1.29 is 28.1 Å². The molecule has 4 atom stereocenters. The molecule has 1 aliphatic rings. The summed E-state index contributed by atoms with van der Waals surface area (Å²) in [6.07, 6.45) is -1.44. The molecular weight excluding hydrogens is 581 g/mol. The van der Waals surface area contributed by atoms with E-state index in [2.05, 4.69) is 36.3 Å². The van der Waals surface area contributed by atoms with Gasteiger partial charge < -0.3 is 14.9 Å². The highest BCUT2D eigenvalue weighted by atomic mass is 79.9. The predicted molar refractivity (Wildman–Crippen MR) is 128 cm³/mol. The Balaban J connectivity index is 1.51. The smallest absolute Gasteiger partial charge is 0.194 e. The number of aliphatic hydroxyl groups is 2. The quantitative estimate of drug-likeness (QED) is 0.333. The number of aromatic nitrogens is 6.